The summed E-state index contributed by atoms with van der Waals surface area (Å²) in [6, 6.07) is 7.98. The first kappa shape index (κ1) is 16.0. The number of rotatable bonds is 8. The monoisotopic (exact) mass is 291 g/mol. The Morgan fingerprint density at radius 2 is 2.29 bits per heavy atom. The van der Waals surface area contributed by atoms with Crippen molar-refractivity contribution >= 4 is 5.91 Å². The molecule has 4 heteroatoms. The molecular formula is C17H25NO3. The summed E-state index contributed by atoms with van der Waals surface area (Å²) < 4.78 is 11.0. The van der Waals surface area contributed by atoms with Crippen LogP contribution in [0.5, 0.6) is 0 Å². The van der Waals surface area contributed by atoms with Crippen LogP contribution in [0, 0.1) is 6.92 Å². The number of hydrogen-bond acceptors (Lipinski definition) is 3. The molecule has 0 radical (unpaired) electrons. The Morgan fingerprint density at radius 1 is 1.43 bits per heavy atom. The molecule has 1 N–H and O–H groups in total. The number of nitrogens with one attached hydrogen (secondary N) is 1. The van der Waals surface area contributed by atoms with Crippen molar-refractivity contribution in [2.75, 3.05) is 26.4 Å². The summed E-state index contributed by atoms with van der Waals surface area (Å²) in [4.78, 5) is 11.8. The molecule has 1 amide bonds. The van der Waals surface area contributed by atoms with E-state index in [2.05, 4.69) is 5.32 Å². The predicted octanol–water partition coefficient (Wildman–Crippen LogP) is 2.24. The lowest BCUT2D eigenvalue weighted by molar-refractivity contribution is -0.120. The molecule has 21 heavy (non-hydrogen) atoms. The van der Waals surface area contributed by atoms with Gasteiger partial charge in [0.15, 0.2) is 0 Å². The van der Waals surface area contributed by atoms with Gasteiger partial charge < -0.3 is 14.8 Å². The molecule has 0 bridgehead atoms. The van der Waals surface area contributed by atoms with Crippen LogP contribution < -0.4 is 5.32 Å². The molecule has 1 fully saturated rings. The summed E-state index contributed by atoms with van der Waals surface area (Å²) in [5.74, 6) is 0.0726. The smallest absolute Gasteiger partial charge is 0.224 e. The maximum atomic E-state index is 11.8. The van der Waals surface area contributed by atoms with Crippen LogP contribution in [-0.4, -0.2) is 38.4 Å². The number of carbonyl (C=O) groups is 1. The van der Waals surface area contributed by atoms with E-state index in [-0.39, 0.29) is 12.0 Å². The summed E-state index contributed by atoms with van der Waals surface area (Å²) in [5, 5.41) is 2.94. The van der Waals surface area contributed by atoms with Gasteiger partial charge in [0.2, 0.25) is 5.91 Å². The summed E-state index contributed by atoms with van der Waals surface area (Å²) in [6.45, 7) is 4.91. The second kappa shape index (κ2) is 8.80. The first-order chi connectivity index (χ1) is 10.3. The average Bonchev–Trinajstić information content (AvgIpc) is 2.98. The van der Waals surface area contributed by atoms with Crippen LogP contribution in [0.1, 0.15) is 30.4 Å². The Morgan fingerprint density at radius 3 is 3.05 bits per heavy atom. The molecule has 1 aromatic rings. The summed E-state index contributed by atoms with van der Waals surface area (Å²) in [5.41, 5.74) is 2.25. The molecule has 1 saturated heterocycles. The van der Waals surface area contributed by atoms with E-state index in [4.69, 9.17) is 9.47 Å². The van der Waals surface area contributed by atoms with Gasteiger partial charge in [-0.2, -0.15) is 0 Å². The van der Waals surface area contributed by atoms with E-state index in [1.807, 2.05) is 31.2 Å². The lowest BCUT2D eigenvalue weighted by Gasteiger charge is -2.10. The molecule has 0 spiro atoms. The van der Waals surface area contributed by atoms with E-state index >= 15 is 0 Å². The number of benzene rings is 1. The van der Waals surface area contributed by atoms with Gasteiger partial charge in [-0.25, -0.2) is 0 Å². The Balaban J connectivity index is 1.52. The molecule has 1 aromatic carbocycles. The lowest BCUT2D eigenvalue weighted by atomic mass is 10.1. The van der Waals surface area contributed by atoms with Crippen LogP contribution in [0.15, 0.2) is 24.3 Å². The number of carbonyl (C=O) groups excluding carboxylic acids is 1. The minimum atomic E-state index is 0.0726. The molecule has 1 atom stereocenters. The minimum Gasteiger partial charge on any atom is -0.379 e. The molecule has 1 aliphatic heterocycles. The first-order valence-electron chi connectivity index (χ1n) is 7.76. The van der Waals surface area contributed by atoms with Crippen LogP contribution >= 0.6 is 0 Å². The number of amides is 1. The van der Waals surface area contributed by atoms with Gasteiger partial charge in [0.25, 0.3) is 0 Å². The Hall–Kier alpha value is -1.39. The fourth-order valence-corrected chi connectivity index (χ4v) is 2.44. The highest BCUT2D eigenvalue weighted by Crippen LogP contribution is 2.11. The van der Waals surface area contributed by atoms with E-state index in [0.717, 1.165) is 37.0 Å². The quantitative estimate of drug-likeness (QED) is 0.747. The SMILES string of the molecule is Cc1ccccc1CC(=O)NCCCOC[C@@H]1CCCO1. The van der Waals surface area contributed by atoms with Crippen molar-refractivity contribution in [2.24, 2.45) is 0 Å². The molecule has 0 aliphatic carbocycles. The maximum absolute atomic E-state index is 11.8. The summed E-state index contributed by atoms with van der Waals surface area (Å²) in [6.07, 6.45) is 3.81. The second-order valence-corrected chi connectivity index (χ2v) is 5.52. The molecule has 1 heterocycles. The third kappa shape index (κ3) is 5.86. The molecule has 4 nitrogen and oxygen atoms in total. The molecular weight excluding hydrogens is 266 g/mol. The molecule has 0 unspecified atom stereocenters. The van der Waals surface area contributed by atoms with Crippen molar-refractivity contribution in [3.8, 4) is 0 Å². The van der Waals surface area contributed by atoms with Gasteiger partial charge in [-0.15, -0.1) is 0 Å². The Labute approximate surface area is 126 Å². The van der Waals surface area contributed by atoms with Gasteiger partial charge in [0.1, 0.15) is 0 Å². The molecule has 2 rings (SSSR count). The predicted molar refractivity (Wildman–Crippen MR) is 82.3 cm³/mol. The van der Waals surface area contributed by atoms with Crippen molar-refractivity contribution in [2.45, 2.75) is 38.7 Å². The van der Waals surface area contributed by atoms with Crippen LogP contribution in [-0.2, 0) is 20.7 Å². The highest BCUT2D eigenvalue weighted by Gasteiger charge is 2.14. The van der Waals surface area contributed by atoms with E-state index in [9.17, 15) is 4.79 Å². The summed E-state index contributed by atoms with van der Waals surface area (Å²) >= 11 is 0. The first-order valence-corrected chi connectivity index (χ1v) is 7.76. The number of aryl methyl sites for hydroxylation is 1. The lowest BCUT2D eigenvalue weighted by Crippen LogP contribution is -2.27. The Bertz CT molecular complexity index is 441. The molecule has 0 saturated carbocycles. The van der Waals surface area contributed by atoms with Crippen LogP contribution in [0.3, 0.4) is 0 Å². The normalized spacial score (nSPS) is 17.9. The van der Waals surface area contributed by atoms with Crippen LogP contribution in [0.2, 0.25) is 0 Å². The van der Waals surface area contributed by atoms with Gasteiger partial charge in [-0.1, -0.05) is 24.3 Å². The maximum Gasteiger partial charge on any atom is 0.224 e. The zero-order valence-corrected chi connectivity index (χ0v) is 12.8. The van der Waals surface area contributed by atoms with Gasteiger partial charge in [0.05, 0.1) is 19.1 Å². The second-order valence-electron chi connectivity index (χ2n) is 5.52. The highest BCUT2D eigenvalue weighted by molar-refractivity contribution is 5.78. The van der Waals surface area contributed by atoms with E-state index in [0.29, 0.717) is 26.2 Å². The van der Waals surface area contributed by atoms with Crippen molar-refractivity contribution in [1.29, 1.82) is 0 Å². The summed E-state index contributed by atoms with van der Waals surface area (Å²) in [7, 11) is 0. The average molecular weight is 291 g/mol. The number of ether oxygens (including phenoxy) is 2. The fraction of sp³-hybridized carbons (Fsp3) is 0.588. The topological polar surface area (TPSA) is 47.6 Å². The largest absolute Gasteiger partial charge is 0.379 e. The van der Waals surface area contributed by atoms with E-state index in [1.165, 1.54) is 0 Å². The zero-order chi connectivity index (χ0) is 14.9. The van der Waals surface area contributed by atoms with Crippen molar-refractivity contribution < 1.29 is 14.3 Å². The minimum absolute atomic E-state index is 0.0726. The van der Waals surface area contributed by atoms with Gasteiger partial charge in [-0.05, 0) is 37.3 Å². The third-order valence-corrected chi connectivity index (χ3v) is 3.73. The van der Waals surface area contributed by atoms with Crippen molar-refractivity contribution in [1.82, 2.24) is 5.32 Å². The van der Waals surface area contributed by atoms with Crippen LogP contribution in [0.4, 0.5) is 0 Å². The zero-order valence-electron chi connectivity index (χ0n) is 12.8. The van der Waals surface area contributed by atoms with Gasteiger partial charge in [0, 0.05) is 19.8 Å². The standard InChI is InChI=1S/C17H25NO3/c1-14-6-2-3-7-15(14)12-17(19)18-9-5-10-20-13-16-8-4-11-21-16/h2-3,6-7,16H,4-5,8-13H2,1H3,(H,18,19)/t16-/m0/s1. The highest BCUT2D eigenvalue weighted by atomic mass is 16.5. The van der Waals surface area contributed by atoms with Gasteiger partial charge in [-0.3, -0.25) is 4.79 Å². The third-order valence-electron chi connectivity index (χ3n) is 3.73. The fourth-order valence-electron chi connectivity index (χ4n) is 2.44. The van der Waals surface area contributed by atoms with Crippen LogP contribution in [0.25, 0.3) is 0 Å². The van der Waals surface area contributed by atoms with Crippen molar-refractivity contribution in [3.63, 3.8) is 0 Å². The molecule has 116 valence electrons. The Kier molecular flexibility index (Phi) is 6.70. The van der Waals surface area contributed by atoms with Gasteiger partial charge >= 0.3 is 0 Å². The van der Waals surface area contributed by atoms with Crippen molar-refractivity contribution in [3.05, 3.63) is 35.4 Å². The molecule has 1 aliphatic rings. The van der Waals surface area contributed by atoms with E-state index in [1.54, 1.807) is 0 Å². The van der Waals surface area contributed by atoms with E-state index < -0.39 is 0 Å². The number of hydrogen-bond donors (Lipinski definition) is 1. The molecule has 0 aromatic heterocycles.